The van der Waals surface area contributed by atoms with Gasteiger partial charge in [0.05, 0.1) is 0 Å². The lowest BCUT2D eigenvalue weighted by Crippen LogP contribution is -2.34. The van der Waals surface area contributed by atoms with E-state index < -0.39 is 7.12 Å². The van der Waals surface area contributed by atoms with E-state index in [0.717, 1.165) is 22.6 Å². The Balaban J connectivity index is 2.97. The number of fused-ring (bicyclic) bond motifs is 1. The maximum absolute atomic E-state index is 9.55. The fraction of sp³-hybridized carbons (Fsp3) is 0.154. The molecule has 0 saturated heterocycles. The van der Waals surface area contributed by atoms with Crippen LogP contribution in [0.2, 0.25) is 5.02 Å². The van der Waals surface area contributed by atoms with Crippen molar-refractivity contribution in [3.05, 3.63) is 40.4 Å². The average Bonchev–Trinajstić information content (AvgIpc) is 2.36. The van der Waals surface area contributed by atoms with Crippen molar-refractivity contribution in [2.45, 2.75) is 13.3 Å². The fourth-order valence-corrected chi connectivity index (χ4v) is 2.55. The van der Waals surface area contributed by atoms with E-state index in [1.807, 2.05) is 19.1 Å². The summed E-state index contributed by atoms with van der Waals surface area (Å²) in [6, 6.07) is 7.21. The third-order valence-electron chi connectivity index (χ3n) is 3.08. The molecular formula is C13H13BClNO2. The minimum absolute atomic E-state index is 0.349. The topological polar surface area (TPSA) is 64.3 Å². The summed E-state index contributed by atoms with van der Waals surface area (Å²) >= 11 is 6.16. The molecule has 0 aromatic heterocycles. The van der Waals surface area contributed by atoms with E-state index in [2.05, 4.69) is 0 Å². The van der Waals surface area contributed by atoms with Gasteiger partial charge in [0.2, 0.25) is 0 Å². The molecule has 0 spiro atoms. The second-order valence-corrected chi connectivity index (χ2v) is 4.47. The number of aryl methyl sites for hydroxylation is 1. The van der Waals surface area contributed by atoms with Crippen LogP contribution < -0.4 is 5.46 Å². The van der Waals surface area contributed by atoms with Crippen molar-refractivity contribution in [3.63, 3.8) is 0 Å². The van der Waals surface area contributed by atoms with Crippen LogP contribution in [0.3, 0.4) is 0 Å². The molecule has 0 unspecified atom stereocenters. The largest absolute Gasteiger partial charge is 0.489 e. The highest BCUT2D eigenvalue weighted by molar-refractivity contribution is 6.63. The third kappa shape index (κ3) is 2.03. The van der Waals surface area contributed by atoms with Crippen LogP contribution in [0.25, 0.3) is 10.8 Å². The molecule has 0 amide bonds. The number of benzene rings is 2. The van der Waals surface area contributed by atoms with Crippen molar-refractivity contribution in [1.29, 1.82) is 5.41 Å². The monoisotopic (exact) mass is 261 g/mol. The maximum atomic E-state index is 9.55. The first-order chi connectivity index (χ1) is 8.60. The number of nitrogens with one attached hydrogen (secondary N) is 1. The smallest absolute Gasteiger partial charge is 0.423 e. The molecule has 0 saturated carbocycles. The highest BCUT2D eigenvalue weighted by atomic mass is 35.5. The van der Waals surface area contributed by atoms with Gasteiger partial charge in [-0.2, -0.15) is 0 Å². The van der Waals surface area contributed by atoms with Gasteiger partial charge in [-0.05, 0) is 39.8 Å². The summed E-state index contributed by atoms with van der Waals surface area (Å²) in [5.74, 6) is 0. The highest BCUT2D eigenvalue weighted by Gasteiger charge is 2.21. The molecule has 0 radical (unpaired) electrons. The maximum Gasteiger partial charge on any atom is 0.489 e. The van der Waals surface area contributed by atoms with E-state index in [4.69, 9.17) is 17.0 Å². The Morgan fingerprint density at radius 2 is 1.94 bits per heavy atom. The van der Waals surface area contributed by atoms with Gasteiger partial charge in [-0.1, -0.05) is 36.7 Å². The van der Waals surface area contributed by atoms with Gasteiger partial charge in [-0.3, -0.25) is 0 Å². The summed E-state index contributed by atoms with van der Waals surface area (Å²) in [6.07, 6.45) is 1.81. The van der Waals surface area contributed by atoms with Crippen LogP contribution in [-0.2, 0) is 6.42 Å². The molecule has 0 bridgehead atoms. The molecule has 0 aliphatic rings. The van der Waals surface area contributed by atoms with Gasteiger partial charge < -0.3 is 15.5 Å². The summed E-state index contributed by atoms with van der Waals surface area (Å²) in [5.41, 5.74) is 1.72. The summed E-state index contributed by atoms with van der Waals surface area (Å²) in [5, 5.41) is 28.7. The Labute approximate surface area is 111 Å². The van der Waals surface area contributed by atoms with E-state index >= 15 is 0 Å². The van der Waals surface area contributed by atoms with Crippen molar-refractivity contribution in [2.75, 3.05) is 0 Å². The normalized spacial score (nSPS) is 10.7. The predicted octanol–water partition coefficient (Wildman–Crippen LogP) is 1.73. The number of hydrogen-bond acceptors (Lipinski definition) is 3. The van der Waals surface area contributed by atoms with Crippen LogP contribution in [0, 0.1) is 5.41 Å². The van der Waals surface area contributed by atoms with Crippen molar-refractivity contribution < 1.29 is 10.0 Å². The first-order valence-electron chi connectivity index (χ1n) is 5.70. The zero-order valence-corrected chi connectivity index (χ0v) is 10.7. The second kappa shape index (κ2) is 5.10. The van der Waals surface area contributed by atoms with Gasteiger partial charge in [-0.25, -0.2) is 0 Å². The molecule has 0 atom stereocenters. The van der Waals surface area contributed by atoms with Crippen LogP contribution in [0.15, 0.2) is 24.3 Å². The van der Waals surface area contributed by atoms with Crippen molar-refractivity contribution in [1.82, 2.24) is 0 Å². The fourth-order valence-electron chi connectivity index (χ4n) is 2.26. The van der Waals surface area contributed by atoms with Crippen molar-refractivity contribution >= 4 is 41.2 Å². The van der Waals surface area contributed by atoms with Crippen LogP contribution in [-0.4, -0.2) is 23.4 Å². The summed E-state index contributed by atoms with van der Waals surface area (Å²) in [4.78, 5) is 0. The standard InChI is InChI=1S/C13H13BClNO2/c1-2-10-11(15)6-5-8-3-4-9(7-16)13(12(8)10)14(17)18/h3-7,16-18H,2H2,1H3. The predicted molar refractivity (Wildman–Crippen MR) is 76.0 cm³/mol. The lowest BCUT2D eigenvalue weighted by Gasteiger charge is -2.14. The van der Waals surface area contributed by atoms with Crippen LogP contribution in [0.5, 0.6) is 0 Å². The lowest BCUT2D eigenvalue weighted by atomic mass is 9.73. The van der Waals surface area contributed by atoms with Crippen molar-refractivity contribution in [3.8, 4) is 0 Å². The molecule has 18 heavy (non-hydrogen) atoms. The van der Waals surface area contributed by atoms with Gasteiger partial charge in [0.15, 0.2) is 0 Å². The van der Waals surface area contributed by atoms with Crippen molar-refractivity contribution in [2.24, 2.45) is 0 Å². The Morgan fingerprint density at radius 3 is 2.50 bits per heavy atom. The zero-order valence-electron chi connectivity index (χ0n) is 9.94. The molecule has 2 rings (SSSR count). The molecule has 5 heteroatoms. The Kier molecular flexibility index (Phi) is 3.71. The van der Waals surface area contributed by atoms with E-state index in [1.54, 1.807) is 12.1 Å². The summed E-state index contributed by atoms with van der Waals surface area (Å²) in [6.45, 7) is 1.96. The SMILES string of the molecule is CCc1c(Cl)ccc2ccc(C=N)c(B(O)O)c12. The number of hydrogen-bond donors (Lipinski definition) is 3. The number of halogens is 1. The van der Waals surface area contributed by atoms with Gasteiger partial charge >= 0.3 is 7.12 Å². The molecule has 92 valence electrons. The Bertz CT molecular complexity index is 613. The third-order valence-corrected chi connectivity index (χ3v) is 3.43. The molecule has 3 nitrogen and oxygen atoms in total. The molecule has 0 heterocycles. The van der Waals surface area contributed by atoms with Crippen LogP contribution in [0.1, 0.15) is 18.1 Å². The molecule has 2 aromatic rings. The quantitative estimate of drug-likeness (QED) is 0.582. The van der Waals surface area contributed by atoms with Gasteiger partial charge in [0.1, 0.15) is 0 Å². The average molecular weight is 262 g/mol. The Morgan fingerprint density at radius 1 is 1.28 bits per heavy atom. The van der Waals surface area contributed by atoms with Gasteiger partial charge in [0.25, 0.3) is 0 Å². The molecule has 2 aromatic carbocycles. The van der Waals surface area contributed by atoms with E-state index in [1.165, 1.54) is 0 Å². The molecule has 0 fully saturated rings. The van der Waals surface area contributed by atoms with Crippen LogP contribution >= 0.6 is 11.6 Å². The first-order valence-corrected chi connectivity index (χ1v) is 6.08. The summed E-state index contributed by atoms with van der Waals surface area (Å²) in [7, 11) is -1.62. The molecule has 3 N–H and O–H groups in total. The lowest BCUT2D eigenvalue weighted by molar-refractivity contribution is 0.426. The minimum Gasteiger partial charge on any atom is -0.423 e. The second-order valence-electron chi connectivity index (χ2n) is 4.06. The number of rotatable bonds is 3. The summed E-state index contributed by atoms with van der Waals surface area (Å²) < 4.78 is 0. The Hall–Kier alpha value is -1.36. The van der Waals surface area contributed by atoms with Gasteiger partial charge in [0, 0.05) is 11.2 Å². The van der Waals surface area contributed by atoms with E-state index in [-0.39, 0.29) is 0 Å². The molecular weight excluding hydrogens is 248 g/mol. The minimum atomic E-state index is -1.62. The van der Waals surface area contributed by atoms with E-state index in [9.17, 15) is 10.0 Å². The van der Waals surface area contributed by atoms with Crippen LogP contribution in [0.4, 0.5) is 0 Å². The van der Waals surface area contributed by atoms with Gasteiger partial charge in [-0.15, -0.1) is 0 Å². The van der Waals surface area contributed by atoms with E-state index in [0.29, 0.717) is 22.5 Å². The first kappa shape index (κ1) is 13.1. The molecule has 0 aliphatic heterocycles. The highest BCUT2D eigenvalue weighted by Crippen LogP contribution is 2.26. The molecule has 0 aliphatic carbocycles. The zero-order chi connectivity index (χ0) is 13.3.